The van der Waals surface area contributed by atoms with E-state index in [0.717, 1.165) is 49.4 Å². The van der Waals surface area contributed by atoms with E-state index < -0.39 is 6.04 Å². The average molecular weight is 396 g/mol. The fourth-order valence-corrected chi connectivity index (χ4v) is 5.47. The molecule has 7 heteroatoms. The van der Waals surface area contributed by atoms with Crippen LogP contribution in [0.1, 0.15) is 53.6 Å². The van der Waals surface area contributed by atoms with Crippen molar-refractivity contribution in [3.8, 4) is 0 Å². The summed E-state index contributed by atoms with van der Waals surface area (Å²) in [7, 11) is 0. The average Bonchev–Trinajstić information content (AvgIpc) is 3.30. The van der Waals surface area contributed by atoms with Crippen molar-refractivity contribution in [1.82, 2.24) is 20.4 Å². The minimum Gasteiger partial charge on any atom is -0.322 e. The normalized spacial score (nSPS) is 26.8. The van der Waals surface area contributed by atoms with E-state index >= 15 is 0 Å². The topological polar surface area (TPSA) is 81.8 Å². The predicted molar refractivity (Wildman–Crippen MR) is 107 cm³/mol. The maximum atomic E-state index is 13.2. The molecule has 3 saturated heterocycles. The summed E-state index contributed by atoms with van der Waals surface area (Å²) in [5.74, 6) is -0.675. The number of imide groups is 1. The number of nitrogens with one attached hydrogen (secondary N) is 2. The SMILES string of the molecule is O=C1CCC(N2Cc3cccc(CN4CCC5(CCNC5)CC4)c3C2=O)C(=O)N1. The highest BCUT2D eigenvalue weighted by atomic mass is 16.2. The van der Waals surface area contributed by atoms with E-state index in [1.165, 1.54) is 19.3 Å². The van der Waals surface area contributed by atoms with E-state index in [2.05, 4.69) is 15.5 Å². The van der Waals surface area contributed by atoms with E-state index in [1.54, 1.807) is 4.90 Å². The number of rotatable bonds is 3. The first-order chi connectivity index (χ1) is 14.0. The van der Waals surface area contributed by atoms with Gasteiger partial charge in [0.2, 0.25) is 11.8 Å². The summed E-state index contributed by atoms with van der Waals surface area (Å²) in [6, 6.07) is 5.50. The van der Waals surface area contributed by atoms with Gasteiger partial charge < -0.3 is 10.2 Å². The lowest BCUT2D eigenvalue weighted by molar-refractivity contribution is -0.136. The Labute approximate surface area is 170 Å². The van der Waals surface area contributed by atoms with Gasteiger partial charge in [-0.3, -0.25) is 24.6 Å². The minimum absolute atomic E-state index is 0.0708. The second-order valence-electron chi connectivity index (χ2n) is 9.05. The minimum atomic E-state index is -0.551. The molecule has 0 radical (unpaired) electrons. The summed E-state index contributed by atoms with van der Waals surface area (Å²) in [5.41, 5.74) is 3.29. The number of hydrogen-bond donors (Lipinski definition) is 2. The van der Waals surface area contributed by atoms with Crippen LogP contribution in [0.3, 0.4) is 0 Å². The number of amides is 3. The van der Waals surface area contributed by atoms with Gasteiger partial charge in [0.25, 0.3) is 5.91 Å². The van der Waals surface area contributed by atoms with Crippen LogP contribution >= 0.6 is 0 Å². The molecule has 4 heterocycles. The van der Waals surface area contributed by atoms with Crippen molar-refractivity contribution in [2.24, 2.45) is 5.41 Å². The molecule has 0 saturated carbocycles. The zero-order valence-corrected chi connectivity index (χ0v) is 16.7. The molecule has 4 aliphatic heterocycles. The van der Waals surface area contributed by atoms with E-state index in [-0.39, 0.29) is 24.1 Å². The number of hydrogen-bond acceptors (Lipinski definition) is 5. The zero-order valence-electron chi connectivity index (χ0n) is 16.7. The third-order valence-corrected chi connectivity index (χ3v) is 7.28. The largest absolute Gasteiger partial charge is 0.322 e. The number of nitrogens with zero attached hydrogens (tertiary/aromatic N) is 2. The predicted octanol–water partition coefficient (Wildman–Crippen LogP) is 1.02. The van der Waals surface area contributed by atoms with Crippen molar-refractivity contribution in [3.63, 3.8) is 0 Å². The Morgan fingerprint density at radius 3 is 2.66 bits per heavy atom. The Hall–Kier alpha value is -2.25. The molecule has 1 unspecified atom stereocenters. The van der Waals surface area contributed by atoms with Gasteiger partial charge in [0.15, 0.2) is 0 Å². The van der Waals surface area contributed by atoms with Crippen LogP contribution in [0.25, 0.3) is 0 Å². The molecule has 1 atom stereocenters. The highest BCUT2D eigenvalue weighted by molar-refractivity contribution is 6.05. The molecule has 4 aliphatic rings. The van der Waals surface area contributed by atoms with Crippen LogP contribution in [0.2, 0.25) is 0 Å². The zero-order chi connectivity index (χ0) is 20.0. The summed E-state index contributed by atoms with van der Waals surface area (Å²) in [5, 5.41) is 5.88. The molecule has 0 aliphatic carbocycles. The maximum absolute atomic E-state index is 13.2. The van der Waals surface area contributed by atoms with Crippen LogP contribution in [0.4, 0.5) is 0 Å². The molecule has 0 aromatic heterocycles. The first-order valence-electron chi connectivity index (χ1n) is 10.7. The number of benzene rings is 1. The molecular weight excluding hydrogens is 368 g/mol. The van der Waals surface area contributed by atoms with Crippen molar-refractivity contribution in [2.75, 3.05) is 26.2 Å². The number of likely N-dealkylation sites (tertiary alicyclic amines) is 1. The van der Waals surface area contributed by atoms with Gasteiger partial charge in [0.05, 0.1) is 0 Å². The molecule has 1 aromatic rings. The van der Waals surface area contributed by atoms with Crippen LogP contribution in [0.5, 0.6) is 0 Å². The number of piperidine rings is 2. The molecular formula is C22H28N4O3. The Bertz CT molecular complexity index is 852. The highest BCUT2D eigenvalue weighted by Crippen LogP contribution is 2.38. The fraction of sp³-hybridized carbons (Fsp3) is 0.591. The smallest absolute Gasteiger partial charge is 0.255 e. The highest BCUT2D eigenvalue weighted by Gasteiger charge is 2.41. The van der Waals surface area contributed by atoms with Crippen molar-refractivity contribution in [2.45, 2.75) is 51.2 Å². The summed E-state index contributed by atoms with van der Waals surface area (Å²) in [6.07, 6.45) is 4.40. The third-order valence-electron chi connectivity index (χ3n) is 7.28. The van der Waals surface area contributed by atoms with Gasteiger partial charge in [-0.2, -0.15) is 0 Å². The first-order valence-corrected chi connectivity index (χ1v) is 10.7. The van der Waals surface area contributed by atoms with Gasteiger partial charge in [-0.25, -0.2) is 0 Å². The fourth-order valence-electron chi connectivity index (χ4n) is 5.47. The molecule has 1 spiro atoms. The second kappa shape index (κ2) is 7.22. The molecule has 2 N–H and O–H groups in total. The maximum Gasteiger partial charge on any atom is 0.255 e. The number of carbonyl (C=O) groups excluding carboxylic acids is 3. The lowest BCUT2D eigenvalue weighted by Crippen LogP contribution is -2.52. The summed E-state index contributed by atoms with van der Waals surface area (Å²) in [4.78, 5) is 41.1. The summed E-state index contributed by atoms with van der Waals surface area (Å²) >= 11 is 0. The molecule has 5 rings (SSSR count). The summed E-state index contributed by atoms with van der Waals surface area (Å²) in [6.45, 7) is 5.63. The van der Waals surface area contributed by atoms with E-state index in [0.29, 0.717) is 18.4 Å². The Kier molecular flexibility index (Phi) is 4.67. The van der Waals surface area contributed by atoms with Gasteiger partial charge in [0, 0.05) is 31.6 Å². The molecule has 0 bridgehead atoms. The monoisotopic (exact) mass is 396 g/mol. The van der Waals surface area contributed by atoms with E-state index in [1.807, 2.05) is 18.2 Å². The van der Waals surface area contributed by atoms with Gasteiger partial charge in [-0.1, -0.05) is 18.2 Å². The molecule has 3 amide bonds. The van der Waals surface area contributed by atoms with E-state index in [9.17, 15) is 14.4 Å². The molecule has 7 nitrogen and oxygen atoms in total. The second-order valence-corrected chi connectivity index (χ2v) is 9.05. The lowest BCUT2D eigenvalue weighted by atomic mass is 9.78. The Morgan fingerprint density at radius 1 is 1.10 bits per heavy atom. The first kappa shape index (κ1) is 18.8. The van der Waals surface area contributed by atoms with Gasteiger partial charge in [-0.15, -0.1) is 0 Å². The Morgan fingerprint density at radius 2 is 1.93 bits per heavy atom. The Balaban J connectivity index is 1.30. The van der Waals surface area contributed by atoms with Gasteiger partial charge >= 0.3 is 0 Å². The quantitative estimate of drug-likeness (QED) is 0.746. The molecule has 154 valence electrons. The van der Waals surface area contributed by atoms with Crippen LogP contribution in [-0.2, 0) is 22.7 Å². The van der Waals surface area contributed by atoms with Gasteiger partial charge in [-0.05, 0) is 61.9 Å². The van der Waals surface area contributed by atoms with Crippen LogP contribution in [0.15, 0.2) is 18.2 Å². The lowest BCUT2D eigenvalue weighted by Gasteiger charge is -2.39. The summed E-state index contributed by atoms with van der Waals surface area (Å²) < 4.78 is 0. The van der Waals surface area contributed by atoms with Crippen LogP contribution in [0, 0.1) is 5.41 Å². The van der Waals surface area contributed by atoms with Crippen molar-refractivity contribution in [3.05, 3.63) is 34.9 Å². The van der Waals surface area contributed by atoms with Crippen molar-refractivity contribution < 1.29 is 14.4 Å². The number of carbonyl (C=O) groups is 3. The number of fused-ring (bicyclic) bond motifs is 1. The van der Waals surface area contributed by atoms with Crippen LogP contribution in [-0.4, -0.2) is 59.7 Å². The van der Waals surface area contributed by atoms with Crippen molar-refractivity contribution >= 4 is 17.7 Å². The van der Waals surface area contributed by atoms with E-state index in [4.69, 9.17) is 0 Å². The third kappa shape index (κ3) is 3.36. The molecule has 29 heavy (non-hydrogen) atoms. The molecule has 3 fully saturated rings. The van der Waals surface area contributed by atoms with Crippen LogP contribution < -0.4 is 10.6 Å². The molecule has 1 aromatic carbocycles. The van der Waals surface area contributed by atoms with Crippen molar-refractivity contribution in [1.29, 1.82) is 0 Å². The standard InChI is InChI=1S/C22H28N4O3/c27-18-5-4-17(20(28)24-18)26-13-16-3-1-2-15(19(16)21(26)29)12-25-10-7-22(8-11-25)6-9-23-14-22/h1-3,17,23H,4-14H2,(H,24,27,28). The van der Waals surface area contributed by atoms with Gasteiger partial charge in [0.1, 0.15) is 6.04 Å².